The summed E-state index contributed by atoms with van der Waals surface area (Å²) >= 11 is 0. The van der Waals surface area contributed by atoms with E-state index >= 15 is 0 Å². The smallest absolute Gasteiger partial charge is 0.222 e. The van der Waals surface area contributed by atoms with E-state index < -0.39 is 0 Å². The van der Waals surface area contributed by atoms with Crippen LogP contribution in [0.3, 0.4) is 0 Å². The van der Waals surface area contributed by atoms with Crippen LogP contribution in [0, 0.1) is 12.8 Å². The van der Waals surface area contributed by atoms with E-state index in [1.54, 1.807) is 0 Å². The first-order valence-corrected chi connectivity index (χ1v) is 9.98. The van der Waals surface area contributed by atoms with Gasteiger partial charge in [-0.05, 0) is 50.4 Å². The SMILES string of the molecule is Cc1cccc(OC[C@@H]2CCCN(C(=O)CCCN3CCOCC3)C2)c1. The second-order valence-electron chi connectivity index (χ2n) is 7.53. The fraction of sp³-hybridized carbons (Fsp3) is 0.667. The summed E-state index contributed by atoms with van der Waals surface area (Å²) in [6, 6.07) is 8.17. The van der Waals surface area contributed by atoms with Crippen LogP contribution in [0.25, 0.3) is 0 Å². The van der Waals surface area contributed by atoms with E-state index in [-0.39, 0.29) is 0 Å². The zero-order valence-corrected chi connectivity index (χ0v) is 16.0. The predicted octanol–water partition coefficient (Wildman–Crippen LogP) is 2.72. The Morgan fingerprint density at radius 1 is 1.27 bits per heavy atom. The van der Waals surface area contributed by atoms with E-state index in [0.717, 1.165) is 70.9 Å². The molecule has 26 heavy (non-hydrogen) atoms. The first kappa shape index (κ1) is 19.2. The largest absolute Gasteiger partial charge is 0.493 e. The molecule has 1 amide bonds. The number of likely N-dealkylation sites (tertiary alicyclic amines) is 1. The molecular weight excluding hydrogens is 328 g/mol. The number of benzene rings is 1. The molecule has 5 heteroatoms. The maximum Gasteiger partial charge on any atom is 0.222 e. The lowest BCUT2D eigenvalue weighted by Crippen LogP contribution is -2.42. The Morgan fingerprint density at radius 2 is 2.12 bits per heavy atom. The van der Waals surface area contributed by atoms with Crippen molar-refractivity contribution in [1.29, 1.82) is 0 Å². The summed E-state index contributed by atoms with van der Waals surface area (Å²) < 4.78 is 11.3. The highest BCUT2D eigenvalue weighted by atomic mass is 16.5. The third-order valence-electron chi connectivity index (χ3n) is 5.32. The third kappa shape index (κ3) is 5.99. The summed E-state index contributed by atoms with van der Waals surface area (Å²) in [5.41, 5.74) is 1.21. The maximum absolute atomic E-state index is 12.5. The van der Waals surface area contributed by atoms with Crippen LogP contribution in [-0.2, 0) is 9.53 Å². The fourth-order valence-electron chi connectivity index (χ4n) is 3.78. The van der Waals surface area contributed by atoms with Gasteiger partial charge in [-0.25, -0.2) is 0 Å². The van der Waals surface area contributed by atoms with Gasteiger partial charge in [-0.15, -0.1) is 0 Å². The monoisotopic (exact) mass is 360 g/mol. The highest BCUT2D eigenvalue weighted by Gasteiger charge is 2.24. The number of carbonyl (C=O) groups excluding carboxylic acids is 1. The molecule has 2 heterocycles. The Morgan fingerprint density at radius 3 is 2.92 bits per heavy atom. The van der Waals surface area contributed by atoms with Gasteiger partial charge in [-0.2, -0.15) is 0 Å². The molecule has 1 aromatic carbocycles. The predicted molar refractivity (Wildman–Crippen MR) is 102 cm³/mol. The summed E-state index contributed by atoms with van der Waals surface area (Å²) in [5, 5.41) is 0. The number of morpholine rings is 1. The van der Waals surface area contributed by atoms with Crippen LogP contribution >= 0.6 is 0 Å². The van der Waals surface area contributed by atoms with Crippen molar-refractivity contribution >= 4 is 5.91 Å². The van der Waals surface area contributed by atoms with Gasteiger partial charge in [0.1, 0.15) is 5.75 Å². The van der Waals surface area contributed by atoms with E-state index in [4.69, 9.17) is 9.47 Å². The zero-order chi connectivity index (χ0) is 18.2. The average Bonchev–Trinajstić information content (AvgIpc) is 2.67. The molecule has 0 aromatic heterocycles. The van der Waals surface area contributed by atoms with Gasteiger partial charge in [0.2, 0.25) is 5.91 Å². The highest BCUT2D eigenvalue weighted by molar-refractivity contribution is 5.76. The summed E-state index contributed by atoms with van der Waals surface area (Å²) in [6.45, 7) is 9.14. The van der Waals surface area contributed by atoms with Gasteiger partial charge in [0, 0.05) is 38.5 Å². The second kappa shape index (κ2) is 9.93. The standard InChI is InChI=1S/C21H32N2O3/c1-18-5-2-7-20(15-18)26-17-19-6-3-10-23(16-19)21(24)8-4-9-22-11-13-25-14-12-22/h2,5,7,15,19H,3-4,6,8-14,16-17H2,1H3/t19-/m1/s1. The lowest BCUT2D eigenvalue weighted by atomic mass is 9.98. The first-order chi connectivity index (χ1) is 12.7. The molecule has 0 saturated carbocycles. The van der Waals surface area contributed by atoms with Crippen LogP contribution in [0.1, 0.15) is 31.2 Å². The van der Waals surface area contributed by atoms with Gasteiger partial charge in [0.25, 0.3) is 0 Å². The van der Waals surface area contributed by atoms with Gasteiger partial charge in [0.05, 0.1) is 19.8 Å². The average molecular weight is 360 g/mol. The van der Waals surface area contributed by atoms with Gasteiger partial charge in [0.15, 0.2) is 0 Å². The van der Waals surface area contributed by atoms with Gasteiger partial charge >= 0.3 is 0 Å². The molecule has 2 aliphatic heterocycles. The molecule has 144 valence electrons. The number of amides is 1. The topological polar surface area (TPSA) is 42.0 Å². The lowest BCUT2D eigenvalue weighted by Gasteiger charge is -2.33. The number of aryl methyl sites for hydroxylation is 1. The van der Waals surface area contributed by atoms with Crippen LogP contribution in [0.4, 0.5) is 0 Å². The molecule has 2 saturated heterocycles. The van der Waals surface area contributed by atoms with Gasteiger partial charge < -0.3 is 14.4 Å². The van der Waals surface area contributed by atoms with E-state index in [0.29, 0.717) is 24.9 Å². The first-order valence-electron chi connectivity index (χ1n) is 9.98. The molecule has 0 spiro atoms. The lowest BCUT2D eigenvalue weighted by molar-refractivity contribution is -0.133. The van der Waals surface area contributed by atoms with Crippen LogP contribution in [0.2, 0.25) is 0 Å². The third-order valence-corrected chi connectivity index (χ3v) is 5.32. The van der Waals surface area contributed by atoms with E-state index in [2.05, 4.69) is 24.0 Å². The molecule has 2 fully saturated rings. The molecule has 1 atom stereocenters. The number of hydrogen-bond donors (Lipinski definition) is 0. The minimum atomic E-state index is 0.304. The Labute approximate surface area is 157 Å². The molecular formula is C21H32N2O3. The van der Waals surface area contributed by atoms with Gasteiger partial charge in [-0.3, -0.25) is 9.69 Å². The Kier molecular flexibility index (Phi) is 7.32. The normalized spacial score (nSPS) is 21.6. The Bertz CT molecular complexity index is 572. The number of ether oxygens (including phenoxy) is 2. The van der Waals surface area contributed by atoms with Crippen molar-refractivity contribution in [3.8, 4) is 5.75 Å². The number of rotatable bonds is 7. The maximum atomic E-state index is 12.5. The molecule has 0 radical (unpaired) electrons. The van der Waals surface area contributed by atoms with Crippen LogP contribution in [-0.4, -0.2) is 68.3 Å². The molecule has 0 aliphatic carbocycles. The minimum Gasteiger partial charge on any atom is -0.493 e. The van der Waals surface area contributed by atoms with Crippen molar-refractivity contribution in [2.24, 2.45) is 5.92 Å². The number of hydrogen-bond acceptors (Lipinski definition) is 4. The van der Waals surface area contributed by atoms with Crippen LogP contribution in [0.15, 0.2) is 24.3 Å². The van der Waals surface area contributed by atoms with Crippen molar-refractivity contribution in [3.63, 3.8) is 0 Å². The van der Waals surface area contributed by atoms with Crippen molar-refractivity contribution in [2.45, 2.75) is 32.6 Å². The van der Waals surface area contributed by atoms with Crippen molar-refractivity contribution in [3.05, 3.63) is 29.8 Å². The molecule has 0 unspecified atom stereocenters. The van der Waals surface area contributed by atoms with Crippen LogP contribution in [0.5, 0.6) is 5.75 Å². The van der Waals surface area contributed by atoms with Crippen LogP contribution < -0.4 is 4.74 Å². The van der Waals surface area contributed by atoms with E-state index in [1.807, 2.05) is 17.0 Å². The minimum absolute atomic E-state index is 0.304. The zero-order valence-electron chi connectivity index (χ0n) is 16.0. The molecule has 0 N–H and O–H groups in total. The number of piperidine rings is 1. The van der Waals surface area contributed by atoms with Crippen molar-refractivity contribution in [1.82, 2.24) is 9.80 Å². The summed E-state index contributed by atoms with van der Waals surface area (Å²) in [6.07, 6.45) is 3.82. The number of nitrogens with zero attached hydrogens (tertiary/aromatic N) is 2. The van der Waals surface area contributed by atoms with Crippen molar-refractivity contribution < 1.29 is 14.3 Å². The molecule has 2 aliphatic rings. The highest BCUT2D eigenvalue weighted by Crippen LogP contribution is 2.20. The fourth-order valence-corrected chi connectivity index (χ4v) is 3.78. The van der Waals surface area contributed by atoms with E-state index in [1.165, 1.54) is 5.56 Å². The second-order valence-corrected chi connectivity index (χ2v) is 7.53. The molecule has 3 rings (SSSR count). The number of carbonyl (C=O) groups is 1. The quantitative estimate of drug-likeness (QED) is 0.750. The van der Waals surface area contributed by atoms with Crippen molar-refractivity contribution in [2.75, 3.05) is 52.5 Å². The van der Waals surface area contributed by atoms with E-state index in [9.17, 15) is 4.79 Å². The Balaban J connectivity index is 1.37. The summed E-state index contributed by atoms with van der Waals surface area (Å²) in [7, 11) is 0. The Hall–Kier alpha value is -1.59. The molecule has 5 nitrogen and oxygen atoms in total. The van der Waals surface area contributed by atoms with Gasteiger partial charge in [-0.1, -0.05) is 12.1 Å². The molecule has 0 bridgehead atoms. The molecule has 1 aromatic rings. The summed E-state index contributed by atoms with van der Waals surface area (Å²) in [5.74, 6) is 1.67. The summed E-state index contributed by atoms with van der Waals surface area (Å²) in [4.78, 5) is 17.0.